The van der Waals surface area contributed by atoms with Crippen LogP contribution >= 0.6 is 0 Å². The van der Waals surface area contributed by atoms with E-state index in [1.54, 1.807) is 12.7 Å². The second kappa shape index (κ2) is 6.51. The minimum Gasteiger partial charge on any atom is -0.348 e. The summed E-state index contributed by atoms with van der Waals surface area (Å²) >= 11 is 0. The van der Waals surface area contributed by atoms with E-state index in [0.717, 1.165) is 47.8 Å². The molecule has 0 amide bonds. The summed E-state index contributed by atoms with van der Waals surface area (Å²) in [5.41, 5.74) is 5.46. The number of imidazole rings is 3. The molecule has 0 saturated heterocycles. The van der Waals surface area contributed by atoms with Crippen LogP contribution in [0.15, 0.2) is 55.8 Å². The van der Waals surface area contributed by atoms with Gasteiger partial charge in [-0.25, -0.2) is 15.0 Å². The zero-order valence-electron chi connectivity index (χ0n) is 15.0. The molecular weight excluding hydrogens is 338 g/mol. The zero-order chi connectivity index (χ0) is 18.2. The van der Waals surface area contributed by atoms with Crippen LogP contribution in [-0.2, 0) is 19.5 Å². The van der Waals surface area contributed by atoms with E-state index >= 15 is 0 Å². The number of rotatable bonds is 5. The van der Waals surface area contributed by atoms with E-state index < -0.39 is 0 Å². The first-order valence-electron chi connectivity index (χ1n) is 9.14. The van der Waals surface area contributed by atoms with Crippen molar-refractivity contribution in [1.29, 1.82) is 0 Å². The summed E-state index contributed by atoms with van der Waals surface area (Å²) in [7, 11) is 0. The third-order valence-corrected chi connectivity index (χ3v) is 5.19. The number of aromatic amines is 2. The van der Waals surface area contributed by atoms with E-state index in [4.69, 9.17) is 4.98 Å². The number of para-hydroxylation sites is 2. The molecule has 1 atom stereocenters. The van der Waals surface area contributed by atoms with Crippen LogP contribution in [0.2, 0.25) is 0 Å². The summed E-state index contributed by atoms with van der Waals surface area (Å²) in [6, 6.07) is 8.24. The maximum Gasteiger partial charge on any atom is 0.133 e. The Kier molecular flexibility index (Phi) is 3.86. The fourth-order valence-corrected chi connectivity index (χ4v) is 3.99. The van der Waals surface area contributed by atoms with Crippen LogP contribution in [0.25, 0.3) is 11.0 Å². The van der Waals surface area contributed by atoms with Crippen molar-refractivity contribution in [2.75, 3.05) is 6.54 Å². The molecule has 136 valence electrons. The second-order valence-electron chi connectivity index (χ2n) is 6.82. The summed E-state index contributed by atoms with van der Waals surface area (Å²) in [4.78, 5) is 22.8. The average molecular weight is 359 g/mol. The zero-order valence-corrected chi connectivity index (χ0v) is 15.0. The Morgan fingerprint density at radius 2 is 2.15 bits per heavy atom. The molecule has 4 heterocycles. The lowest BCUT2D eigenvalue weighted by Crippen LogP contribution is -2.37. The van der Waals surface area contributed by atoms with Gasteiger partial charge >= 0.3 is 0 Å². The maximum atomic E-state index is 5.01. The van der Waals surface area contributed by atoms with Crippen molar-refractivity contribution in [2.45, 2.75) is 25.6 Å². The summed E-state index contributed by atoms with van der Waals surface area (Å²) in [5, 5.41) is 0. The Bertz CT molecular complexity index is 1070. The molecule has 0 spiro atoms. The van der Waals surface area contributed by atoms with Crippen molar-refractivity contribution in [2.24, 2.45) is 0 Å². The largest absolute Gasteiger partial charge is 0.348 e. The molecule has 1 aliphatic heterocycles. The van der Waals surface area contributed by atoms with Gasteiger partial charge in [-0.1, -0.05) is 18.2 Å². The quantitative estimate of drug-likeness (QED) is 0.537. The Labute approximate surface area is 156 Å². The van der Waals surface area contributed by atoms with Crippen LogP contribution < -0.4 is 0 Å². The van der Waals surface area contributed by atoms with Gasteiger partial charge in [0.25, 0.3) is 0 Å². The van der Waals surface area contributed by atoms with E-state index in [2.05, 4.69) is 54.2 Å². The van der Waals surface area contributed by atoms with Gasteiger partial charge in [-0.3, -0.25) is 4.90 Å². The van der Waals surface area contributed by atoms with Crippen LogP contribution in [0.3, 0.4) is 0 Å². The third kappa shape index (κ3) is 2.67. The first-order valence-corrected chi connectivity index (χ1v) is 9.14. The molecule has 0 fully saturated rings. The van der Waals surface area contributed by atoms with Gasteiger partial charge in [-0.2, -0.15) is 0 Å². The molecule has 7 heteroatoms. The highest BCUT2D eigenvalue weighted by Gasteiger charge is 2.34. The van der Waals surface area contributed by atoms with Gasteiger partial charge in [-0.05, 0) is 12.1 Å². The van der Waals surface area contributed by atoms with Crippen molar-refractivity contribution in [1.82, 2.24) is 34.4 Å². The van der Waals surface area contributed by atoms with Crippen LogP contribution in [0.5, 0.6) is 0 Å². The first kappa shape index (κ1) is 16.0. The Morgan fingerprint density at radius 1 is 1.22 bits per heavy atom. The molecule has 0 radical (unpaired) electrons. The summed E-state index contributed by atoms with van der Waals surface area (Å²) in [5.74, 6) is 1.00. The fraction of sp³-hybridized carbons (Fsp3) is 0.250. The van der Waals surface area contributed by atoms with Gasteiger partial charge in [0.1, 0.15) is 11.9 Å². The number of hydrogen-bond donors (Lipinski definition) is 2. The minimum absolute atomic E-state index is 0.0179. The molecule has 0 aliphatic carbocycles. The number of nitrogens with one attached hydrogen (secondary N) is 2. The van der Waals surface area contributed by atoms with E-state index in [1.807, 2.05) is 18.3 Å². The minimum atomic E-state index is -0.0179. The molecule has 1 aromatic carbocycles. The average Bonchev–Trinajstić information content (AvgIpc) is 3.42. The molecule has 0 unspecified atom stereocenters. The molecule has 4 aromatic rings. The lowest BCUT2D eigenvalue weighted by molar-refractivity contribution is 0.188. The Hall–Kier alpha value is -3.19. The second-order valence-corrected chi connectivity index (χ2v) is 6.82. The van der Waals surface area contributed by atoms with Crippen molar-refractivity contribution < 1.29 is 0 Å². The van der Waals surface area contributed by atoms with Gasteiger partial charge in [0.15, 0.2) is 0 Å². The van der Waals surface area contributed by atoms with E-state index in [1.165, 1.54) is 5.69 Å². The van der Waals surface area contributed by atoms with Crippen molar-refractivity contribution in [3.8, 4) is 0 Å². The van der Waals surface area contributed by atoms with Crippen molar-refractivity contribution >= 4 is 11.0 Å². The third-order valence-electron chi connectivity index (χ3n) is 5.19. The first-order chi connectivity index (χ1) is 13.3. The van der Waals surface area contributed by atoms with Crippen LogP contribution in [0.4, 0.5) is 0 Å². The SMILES string of the molecule is C=CCn1c([C@H]2c3nc[nH]c3CCN2Cc2cnc[nH]2)nc2ccccc21. The van der Waals surface area contributed by atoms with Crippen molar-refractivity contribution in [3.63, 3.8) is 0 Å². The predicted molar refractivity (Wildman–Crippen MR) is 103 cm³/mol. The van der Waals surface area contributed by atoms with Gasteiger partial charge in [-0.15, -0.1) is 6.58 Å². The number of allylic oxidation sites excluding steroid dienone is 1. The highest BCUT2D eigenvalue weighted by atomic mass is 15.2. The van der Waals surface area contributed by atoms with Crippen LogP contribution in [0, 0.1) is 0 Å². The standard InChI is InChI=1S/C20H21N7/c1-2-8-27-17-6-4-3-5-15(17)25-20(27)19-18-16(23-13-24-18)7-9-26(19)11-14-10-21-12-22-14/h2-6,10,12-13,19H,1,7-9,11H2,(H,21,22)(H,23,24)/t19-/m1/s1. The lowest BCUT2D eigenvalue weighted by Gasteiger charge is -2.34. The molecule has 2 N–H and O–H groups in total. The van der Waals surface area contributed by atoms with Crippen molar-refractivity contribution in [3.05, 3.63) is 78.7 Å². The fourth-order valence-electron chi connectivity index (χ4n) is 3.99. The van der Waals surface area contributed by atoms with Gasteiger partial charge in [0.05, 0.1) is 29.4 Å². The van der Waals surface area contributed by atoms with Crippen LogP contribution in [0.1, 0.15) is 28.9 Å². The summed E-state index contributed by atoms with van der Waals surface area (Å²) in [6.45, 7) is 6.36. The predicted octanol–water partition coefficient (Wildman–Crippen LogP) is 2.82. The normalized spacial score (nSPS) is 17.3. The molecule has 0 saturated carbocycles. The molecule has 7 nitrogen and oxygen atoms in total. The maximum absolute atomic E-state index is 5.01. The number of H-pyrrole nitrogens is 2. The molecule has 1 aliphatic rings. The summed E-state index contributed by atoms with van der Waals surface area (Å²) in [6.07, 6.45) is 8.26. The summed E-state index contributed by atoms with van der Waals surface area (Å²) < 4.78 is 2.25. The molecular formula is C20H21N7. The molecule has 27 heavy (non-hydrogen) atoms. The van der Waals surface area contributed by atoms with Gasteiger partial charge in [0, 0.05) is 43.6 Å². The lowest BCUT2D eigenvalue weighted by atomic mass is 10.0. The van der Waals surface area contributed by atoms with E-state index in [0.29, 0.717) is 6.54 Å². The number of fused-ring (bicyclic) bond motifs is 2. The number of nitrogens with zero attached hydrogens (tertiary/aromatic N) is 5. The smallest absolute Gasteiger partial charge is 0.133 e. The molecule has 3 aromatic heterocycles. The van der Waals surface area contributed by atoms with Crippen LogP contribution in [-0.4, -0.2) is 40.9 Å². The van der Waals surface area contributed by atoms with E-state index in [-0.39, 0.29) is 6.04 Å². The monoisotopic (exact) mass is 359 g/mol. The molecule has 5 rings (SSSR count). The Morgan fingerprint density at radius 3 is 3.00 bits per heavy atom. The number of hydrogen-bond acceptors (Lipinski definition) is 4. The highest BCUT2D eigenvalue weighted by Crippen LogP contribution is 2.35. The topological polar surface area (TPSA) is 78.4 Å². The van der Waals surface area contributed by atoms with Gasteiger partial charge < -0.3 is 14.5 Å². The van der Waals surface area contributed by atoms with Gasteiger partial charge in [0.2, 0.25) is 0 Å². The van der Waals surface area contributed by atoms with E-state index in [9.17, 15) is 0 Å². The highest BCUT2D eigenvalue weighted by molar-refractivity contribution is 5.76. The Balaban J connectivity index is 1.66. The molecule has 0 bridgehead atoms. The number of benzene rings is 1. The number of aromatic nitrogens is 6.